The minimum Gasteiger partial charge on any atom is -0.469 e. The van der Waals surface area contributed by atoms with Crippen LogP contribution >= 0.6 is 0 Å². The highest BCUT2D eigenvalue weighted by Crippen LogP contribution is 2.11. The van der Waals surface area contributed by atoms with E-state index in [1.165, 1.54) is 7.11 Å². The normalized spacial score (nSPS) is 10.1. The van der Waals surface area contributed by atoms with Crippen LogP contribution in [-0.4, -0.2) is 35.3 Å². The summed E-state index contributed by atoms with van der Waals surface area (Å²) >= 11 is 0. The summed E-state index contributed by atoms with van der Waals surface area (Å²) < 4.78 is 6.05. The lowest BCUT2D eigenvalue weighted by atomic mass is 10.3. The van der Waals surface area contributed by atoms with E-state index in [-0.39, 0.29) is 30.5 Å². The first-order valence-corrected chi connectivity index (χ1v) is 6.37. The number of hydrogen-bond donors (Lipinski definition) is 2. The molecule has 1 heterocycles. The van der Waals surface area contributed by atoms with Crippen LogP contribution < -0.4 is 11.1 Å². The van der Waals surface area contributed by atoms with Crippen LogP contribution in [-0.2, 0) is 9.53 Å². The van der Waals surface area contributed by atoms with E-state index in [0.29, 0.717) is 5.69 Å². The molecule has 0 atom stereocenters. The van der Waals surface area contributed by atoms with Gasteiger partial charge < -0.3 is 15.8 Å². The van der Waals surface area contributed by atoms with Crippen molar-refractivity contribution in [2.75, 3.05) is 19.4 Å². The van der Waals surface area contributed by atoms with Crippen molar-refractivity contribution in [1.82, 2.24) is 15.1 Å². The van der Waals surface area contributed by atoms with E-state index < -0.39 is 0 Å². The fraction of sp³-hybridized carbons (Fsp3) is 0.214. The van der Waals surface area contributed by atoms with Gasteiger partial charge >= 0.3 is 5.97 Å². The Balaban J connectivity index is 1.99. The average molecular weight is 288 g/mol. The molecule has 0 aliphatic rings. The van der Waals surface area contributed by atoms with Gasteiger partial charge in [0.05, 0.1) is 19.2 Å². The van der Waals surface area contributed by atoms with Crippen molar-refractivity contribution in [2.24, 2.45) is 0 Å². The highest BCUT2D eigenvalue weighted by molar-refractivity contribution is 5.92. The number of esters is 1. The van der Waals surface area contributed by atoms with Crippen molar-refractivity contribution in [3.05, 3.63) is 42.2 Å². The summed E-state index contributed by atoms with van der Waals surface area (Å²) in [5, 5.41) is 6.77. The Morgan fingerprint density at radius 1 is 1.38 bits per heavy atom. The van der Waals surface area contributed by atoms with Crippen LogP contribution in [0.2, 0.25) is 0 Å². The van der Waals surface area contributed by atoms with E-state index in [2.05, 4.69) is 15.2 Å². The molecule has 0 bridgehead atoms. The molecule has 1 aromatic heterocycles. The Morgan fingerprint density at radius 2 is 2.19 bits per heavy atom. The maximum atomic E-state index is 11.9. The zero-order valence-electron chi connectivity index (χ0n) is 11.6. The highest BCUT2D eigenvalue weighted by Gasteiger charge is 2.10. The molecule has 21 heavy (non-hydrogen) atoms. The maximum Gasteiger partial charge on any atom is 0.307 e. The minimum atomic E-state index is -0.374. The van der Waals surface area contributed by atoms with E-state index in [4.69, 9.17) is 5.73 Å². The van der Waals surface area contributed by atoms with Gasteiger partial charge in [-0.05, 0) is 24.3 Å². The summed E-state index contributed by atoms with van der Waals surface area (Å²) in [4.78, 5) is 22.8. The number of rotatable bonds is 5. The molecule has 0 aliphatic heterocycles. The number of nitrogens with one attached hydrogen (secondary N) is 1. The number of ether oxygens (including phenoxy) is 1. The Labute approximate surface area is 121 Å². The number of nitrogen functional groups attached to an aromatic ring is 1. The second-order valence-corrected chi connectivity index (χ2v) is 4.32. The third-order valence-corrected chi connectivity index (χ3v) is 2.80. The summed E-state index contributed by atoms with van der Waals surface area (Å²) in [6.45, 7) is 0.205. The van der Waals surface area contributed by atoms with Crippen LogP contribution in [0.4, 0.5) is 5.69 Å². The number of anilines is 1. The number of nitrogens with two attached hydrogens (primary N) is 1. The lowest BCUT2D eigenvalue weighted by Crippen LogP contribution is -2.26. The highest BCUT2D eigenvalue weighted by atomic mass is 16.5. The molecule has 7 heteroatoms. The predicted octanol–water partition coefficient (Wildman–Crippen LogP) is 0.747. The Bertz CT molecular complexity index is 651. The molecular weight excluding hydrogens is 272 g/mol. The number of amides is 1. The summed E-state index contributed by atoms with van der Waals surface area (Å²) in [7, 11) is 1.30. The second kappa shape index (κ2) is 6.56. The van der Waals surface area contributed by atoms with Crippen LogP contribution in [0.3, 0.4) is 0 Å². The van der Waals surface area contributed by atoms with Gasteiger partial charge in [0.1, 0.15) is 0 Å². The molecule has 2 aromatic rings. The monoisotopic (exact) mass is 288 g/mol. The number of benzene rings is 1. The Kier molecular flexibility index (Phi) is 4.55. The van der Waals surface area contributed by atoms with Gasteiger partial charge in [-0.25, -0.2) is 4.68 Å². The van der Waals surface area contributed by atoms with Crippen LogP contribution in [0, 0.1) is 0 Å². The lowest BCUT2D eigenvalue weighted by Gasteiger charge is -2.03. The van der Waals surface area contributed by atoms with Gasteiger partial charge in [0.25, 0.3) is 5.91 Å². The largest absolute Gasteiger partial charge is 0.469 e. The Hall–Kier alpha value is -2.83. The molecular formula is C14H16N4O3. The van der Waals surface area contributed by atoms with Crippen molar-refractivity contribution < 1.29 is 14.3 Å². The van der Waals surface area contributed by atoms with Crippen molar-refractivity contribution in [1.29, 1.82) is 0 Å². The smallest absolute Gasteiger partial charge is 0.307 e. The molecule has 0 saturated heterocycles. The van der Waals surface area contributed by atoms with E-state index in [9.17, 15) is 9.59 Å². The summed E-state index contributed by atoms with van der Waals surface area (Å²) in [6.07, 6.45) is 1.79. The summed E-state index contributed by atoms with van der Waals surface area (Å²) in [5.41, 5.74) is 7.36. The Morgan fingerprint density at radius 3 is 2.90 bits per heavy atom. The molecule has 0 fully saturated rings. The maximum absolute atomic E-state index is 11.9. The first-order chi connectivity index (χ1) is 10.1. The minimum absolute atomic E-state index is 0.123. The molecule has 1 aromatic carbocycles. The molecule has 1 amide bonds. The SMILES string of the molecule is COC(=O)CCNC(=O)c1ccn(-c2cccc(N)c2)n1. The molecule has 0 saturated carbocycles. The number of methoxy groups -OCH3 is 1. The zero-order chi connectivity index (χ0) is 15.2. The standard InChI is InChI=1S/C14H16N4O3/c1-21-13(19)5-7-16-14(20)12-6-8-18(17-12)11-4-2-3-10(15)9-11/h2-4,6,8-9H,5,7,15H2,1H3,(H,16,20). The van der Waals surface area contributed by atoms with Crippen LogP contribution in [0.25, 0.3) is 5.69 Å². The van der Waals surface area contributed by atoms with E-state index in [0.717, 1.165) is 5.69 Å². The van der Waals surface area contributed by atoms with E-state index in [1.54, 1.807) is 29.1 Å². The van der Waals surface area contributed by atoms with Gasteiger partial charge in [-0.2, -0.15) is 5.10 Å². The van der Waals surface area contributed by atoms with Crippen molar-refractivity contribution in [3.63, 3.8) is 0 Å². The topological polar surface area (TPSA) is 99.2 Å². The number of carbonyl (C=O) groups excluding carboxylic acids is 2. The van der Waals surface area contributed by atoms with Crippen molar-refractivity contribution in [2.45, 2.75) is 6.42 Å². The molecule has 3 N–H and O–H groups in total. The average Bonchev–Trinajstić information content (AvgIpc) is 2.97. The van der Waals surface area contributed by atoms with Gasteiger partial charge in [0.2, 0.25) is 0 Å². The van der Waals surface area contributed by atoms with Gasteiger partial charge in [-0.15, -0.1) is 0 Å². The molecule has 0 aliphatic carbocycles. The molecule has 0 spiro atoms. The molecule has 110 valence electrons. The van der Waals surface area contributed by atoms with Gasteiger partial charge in [0.15, 0.2) is 5.69 Å². The van der Waals surface area contributed by atoms with E-state index in [1.807, 2.05) is 12.1 Å². The third kappa shape index (κ3) is 3.82. The predicted molar refractivity (Wildman–Crippen MR) is 76.9 cm³/mol. The zero-order valence-corrected chi connectivity index (χ0v) is 11.6. The van der Waals surface area contributed by atoms with Gasteiger partial charge in [0, 0.05) is 18.4 Å². The van der Waals surface area contributed by atoms with E-state index >= 15 is 0 Å². The first-order valence-electron chi connectivity index (χ1n) is 6.37. The number of hydrogen-bond acceptors (Lipinski definition) is 5. The fourth-order valence-corrected chi connectivity index (χ4v) is 1.73. The van der Waals surface area contributed by atoms with Crippen LogP contribution in [0.1, 0.15) is 16.9 Å². The molecule has 2 rings (SSSR count). The van der Waals surface area contributed by atoms with Crippen LogP contribution in [0.15, 0.2) is 36.5 Å². The van der Waals surface area contributed by atoms with Crippen LogP contribution in [0.5, 0.6) is 0 Å². The summed E-state index contributed by atoms with van der Waals surface area (Å²) in [6, 6.07) is 8.76. The second-order valence-electron chi connectivity index (χ2n) is 4.32. The third-order valence-electron chi connectivity index (χ3n) is 2.80. The van der Waals surface area contributed by atoms with Gasteiger partial charge in [-0.1, -0.05) is 6.07 Å². The molecule has 0 radical (unpaired) electrons. The number of aromatic nitrogens is 2. The van der Waals surface area contributed by atoms with Gasteiger partial charge in [-0.3, -0.25) is 9.59 Å². The lowest BCUT2D eigenvalue weighted by molar-refractivity contribution is -0.140. The van der Waals surface area contributed by atoms with Crippen molar-refractivity contribution in [3.8, 4) is 5.69 Å². The number of nitrogens with zero attached hydrogens (tertiary/aromatic N) is 2. The van der Waals surface area contributed by atoms with Crippen molar-refractivity contribution >= 4 is 17.6 Å². The summed E-state index contributed by atoms with van der Waals surface area (Å²) in [5.74, 6) is -0.720. The molecule has 0 unspecified atom stereocenters. The number of carbonyl (C=O) groups is 2. The quantitative estimate of drug-likeness (QED) is 0.624. The fourth-order valence-electron chi connectivity index (χ4n) is 1.73. The first kappa shape index (κ1) is 14.6. The molecule has 7 nitrogen and oxygen atoms in total.